The Labute approximate surface area is 133 Å². The van der Waals surface area contributed by atoms with Gasteiger partial charge >= 0.3 is 0 Å². The predicted octanol–water partition coefficient (Wildman–Crippen LogP) is 4.09. The number of amides is 1. The Kier molecular flexibility index (Phi) is 3.77. The van der Waals surface area contributed by atoms with Gasteiger partial charge in [-0.05, 0) is 30.3 Å². The van der Waals surface area contributed by atoms with Crippen LogP contribution in [0.2, 0.25) is 0 Å². The number of carbonyl (C=O) groups excluding carboxylic acids is 1. The lowest BCUT2D eigenvalue weighted by molar-refractivity contribution is 0.102. The molecule has 1 heterocycles. The highest BCUT2D eigenvalue weighted by molar-refractivity contribution is 9.10. The minimum Gasteiger partial charge on any atom is -0.505 e. The molecule has 22 heavy (non-hydrogen) atoms. The Morgan fingerprint density at radius 2 is 2.05 bits per heavy atom. The Hall–Kier alpha value is -2.47. The molecule has 1 amide bonds. The predicted molar refractivity (Wildman–Crippen MR) is 85.5 cm³/mol. The van der Waals surface area contributed by atoms with Gasteiger partial charge in [0.2, 0.25) is 0 Å². The average Bonchev–Trinajstić information content (AvgIpc) is 2.50. The van der Waals surface area contributed by atoms with E-state index < -0.39 is 11.7 Å². The second kappa shape index (κ2) is 5.73. The number of nitrogens with one attached hydrogen (secondary N) is 1. The maximum atomic E-state index is 13.8. The summed E-state index contributed by atoms with van der Waals surface area (Å²) in [5.74, 6) is -1.40. The number of nitrogens with zero attached hydrogens (tertiary/aromatic N) is 1. The molecule has 110 valence electrons. The molecule has 0 aliphatic heterocycles. The zero-order valence-electron chi connectivity index (χ0n) is 11.2. The highest BCUT2D eigenvalue weighted by Gasteiger charge is 2.16. The number of aromatic nitrogens is 1. The summed E-state index contributed by atoms with van der Waals surface area (Å²) >= 11 is 3.15. The molecule has 0 saturated heterocycles. The molecule has 0 aliphatic rings. The molecule has 0 atom stereocenters. The van der Waals surface area contributed by atoms with E-state index in [0.29, 0.717) is 15.4 Å². The van der Waals surface area contributed by atoms with Crippen LogP contribution in [0.15, 0.2) is 53.1 Å². The van der Waals surface area contributed by atoms with Crippen LogP contribution in [-0.4, -0.2) is 16.0 Å². The topological polar surface area (TPSA) is 62.2 Å². The van der Waals surface area contributed by atoms with Crippen molar-refractivity contribution in [1.29, 1.82) is 0 Å². The van der Waals surface area contributed by atoms with Gasteiger partial charge in [-0.2, -0.15) is 0 Å². The van der Waals surface area contributed by atoms with E-state index in [1.54, 1.807) is 24.3 Å². The molecule has 2 aromatic carbocycles. The summed E-state index contributed by atoms with van der Waals surface area (Å²) in [5.41, 5.74) is 0.397. The van der Waals surface area contributed by atoms with Gasteiger partial charge < -0.3 is 10.4 Å². The molecule has 0 saturated carbocycles. The molecule has 3 rings (SSSR count). The molecule has 0 radical (unpaired) electrons. The van der Waals surface area contributed by atoms with Crippen LogP contribution in [0.3, 0.4) is 0 Å². The summed E-state index contributed by atoms with van der Waals surface area (Å²) in [7, 11) is 0. The van der Waals surface area contributed by atoms with E-state index in [2.05, 4.69) is 26.2 Å². The first kappa shape index (κ1) is 14.5. The molecular formula is C16H10BrFN2O2. The van der Waals surface area contributed by atoms with Crippen LogP contribution in [-0.2, 0) is 0 Å². The van der Waals surface area contributed by atoms with Gasteiger partial charge in [-0.15, -0.1) is 0 Å². The van der Waals surface area contributed by atoms with Gasteiger partial charge in [0.1, 0.15) is 11.3 Å². The highest BCUT2D eigenvalue weighted by atomic mass is 79.9. The number of aromatic hydroxyl groups is 1. The summed E-state index contributed by atoms with van der Waals surface area (Å²) in [6.45, 7) is 0. The summed E-state index contributed by atoms with van der Waals surface area (Å²) in [6.07, 6.45) is 1.53. The van der Waals surface area contributed by atoms with Gasteiger partial charge in [-0.1, -0.05) is 28.1 Å². The number of carbonyl (C=O) groups is 1. The van der Waals surface area contributed by atoms with Crippen molar-refractivity contribution in [3.63, 3.8) is 0 Å². The van der Waals surface area contributed by atoms with Crippen LogP contribution in [0.1, 0.15) is 10.4 Å². The van der Waals surface area contributed by atoms with Crippen LogP contribution in [0.25, 0.3) is 10.9 Å². The maximum Gasteiger partial charge on any atom is 0.259 e. The van der Waals surface area contributed by atoms with E-state index in [4.69, 9.17) is 0 Å². The smallest absolute Gasteiger partial charge is 0.259 e. The van der Waals surface area contributed by atoms with Gasteiger partial charge in [0.15, 0.2) is 5.75 Å². The number of hydrogen-bond donors (Lipinski definition) is 2. The van der Waals surface area contributed by atoms with Crippen LogP contribution in [0.4, 0.5) is 10.1 Å². The Bertz CT molecular complexity index is 883. The number of phenolic OH excluding ortho intramolecular Hbond substituents is 1. The normalized spacial score (nSPS) is 10.6. The van der Waals surface area contributed by atoms with Crippen molar-refractivity contribution in [2.45, 2.75) is 0 Å². The summed E-state index contributed by atoms with van der Waals surface area (Å²) in [5, 5.41) is 13.3. The fourth-order valence-corrected chi connectivity index (χ4v) is 2.43. The summed E-state index contributed by atoms with van der Waals surface area (Å²) in [6, 6.07) is 11.0. The van der Waals surface area contributed by atoms with Crippen LogP contribution >= 0.6 is 15.9 Å². The molecule has 1 aromatic heterocycles. The molecule has 6 heteroatoms. The Morgan fingerprint density at radius 1 is 1.23 bits per heavy atom. The minimum absolute atomic E-state index is 0.0357. The van der Waals surface area contributed by atoms with E-state index in [1.807, 2.05) is 0 Å². The third-order valence-electron chi connectivity index (χ3n) is 3.17. The van der Waals surface area contributed by atoms with Gasteiger partial charge in [0.05, 0.1) is 11.3 Å². The number of anilines is 1. The van der Waals surface area contributed by atoms with E-state index in [1.165, 1.54) is 24.4 Å². The Morgan fingerprint density at radius 3 is 2.82 bits per heavy atom. The molecule has 0 fully saturated rings. The third-order valence-corrected chi connectivity index (χ3v) is 3.67. The molecule has 0 aliphatic carbocycles. The molecule has 0 unspecified atom stereocenters. The lowest BCUT2D eigenvalue weighted by atomic mass is 10.1. The first-order valence-corrected chi connectivity index (χ1v) is 7.18. The zero-order valence-corrected chi connectivity index (χ0v) is 12.8. The van der Waals surface area contributed by atoms with E-state index in [0.717, 1.165) is 0 Å². The summed E-state index contributed by atoms with van der Waals surface area (Å²) < 4.78 is 14.3. The molecular weight excluding hydrogens is 351 g/mol. The fourth-order valence-electron chi connectivity index (χ4n) is 2.09. The molecule has 3 aromatic rings. The number of rotatable bonds is 2. The first-order chi connectivity index (χ1) is 10.6. The lowest BCUT2D eigenvalue weighted by Crippen LogP contribution is -2.13. The zero-order chi connectivity index (χ0) is 15.7. The van der Waals surface area contributed by atoms with Crippen molar-refractivity contribution in [3.8, 4) is 5.75 Å². The highest BCUT2D eigenvalue weighted by Crippen LogP contribution is 2.28. The number of fused-ring (bicyclic) bond motifs is 1. The maximum absolute atomic E-state index is 13.8. The lowest BCUT2D eigenvalue weighted by Gasteiger charge is -2.09. The SMILES string of the molecule is O=C(Nc1ccc(Br)cc1F)c1ccc2cccnc2c1O. The van der Waals surface area contributed by atoms with Crippen LogP contribution in [0.5, 0.6) is 5.75 Å². The van der Waals surface area contributed by atoms with Crippen molar-refractivity contribution in [1.82, 2.24) is 4.98 Å². The molecule has 4 nitrogen and oxygen atoms in total. The number of pyridine rings is 1. The molecule has 0 spiro atoms. The van der Waals surface area contributed by atoms with E-state index >= 15 is 0 Å². The van der Waals surface area contributed by atoms with Crippen molar-refractivity contribution in [3.05, 3.63) is 64.5 Å². The molecule has 0 bridgehead atoms. The minimum atomic E-state index is -0.605. The van der Waals surface area contributed by atoms with Crippen molar-refractivity contribution >= 4 is 38.4 Å². The van der Waals surface area contributed by atoms with Gasteiger partial charge in [-0.25, -0.2) is 4.39 Å². The largest absolute Gasteiger partial charge is 0.505 e. The Balaban J connectivity index is 1.97. The van der Waals surface area contributed by atoms with E-state index in [-0.39, 0.29) is 17.0 Å². The summed E-state index contributed by atoms with van der Waals surface area (Å²) in [4.78, 5) is 16.3. The first-order valence-electron chi connectivity index (χ1n) is 6.39. The number of halogens is 2. The van der Waals surface area contributed by atoms with Gasteiger partial charge in [-0.3, -0.25) is 9.78 Å². The van der Waals surface area contributed by atoms with Gasteiger partial charge in [0.25, 0.3) is 5.91 Å². The second-order valence-electron chi connectivity index (χ2n) is 4.62. The quantitative estimate of drug-likeness (QED) is 0.723. The standard InChI is InChI=1S/C16H10BrFN2O2/c17-10-4-6-13(12(18)8-10)20-16(22)11-5-3-9-2-1-7-19-14(9)15(11)21/h1-8,21H,(H,20,22). The van der Waals surface area contributed by atoms with Crippen molar-refractivity contribution in [2.75, 3.05) is 5.32 Å². The van der Waals surface area contributed by atoms with Crippen molar-refractivity contribution in [2.24, 2.45) is 0 Å². The average molecular weight is 361 g/mol. The van der Waals surface area contributed by atoms with Gasteiger partial charge in [0, 0.05) is 16.1 Å². The molecule has 2 N–H and O–H groups in total. The van der Waals surface area contributed by atoms with Crippen LogP contribution in [0, 0.1) is 5.82 Å². The fraction of sp³-hybridized carbons (Fsp3) is 0. The monoisotopic (exact) mass is 360 g/mol. The van der Waals surface area contributed by atoms with E-state index in [9.17, 15) is 14.3 Å². The third kappa shape index (κ3) is 2.65. The number of phenols is 1. The second-order valence-corrected chi connectivity index (χ2v) is 5.53. The van der Waals surface area contributed by atoms with Crippen molar-refractivity contribution < 1.29 is 14.3 Å². The number of benzene rings is 2. The van der Waals surface area contributed by atoms with Crippen LogP contribution < -0.4 is 5.32 Å². The number of hydrogen-bond acceptors (Lipinski definition) is 3.